The summed E-state index contributed by atoms with van der Waals surface area (Å²) in [7, 11) is 0. The molecule has 1 aliphatic rings. The predicted octanol–water partition coefficient (Wildman–Crippen LogP) is 4.84. The zero-order valence-electron chi connectivity index (χ0n) is 16.6. The van der Waals surface area contributed by atoms with Gasteiger partial charge in [-0.25, -0.2) is 4.79 Å². The van der Waals surface area contributed by atoms with Crippen LogP contribution < -0.4 is 9.75 Å². The summed E-state index contributed by atoms with van der Waals surface area (Å²) in [5.74, 6) is -1.02. The molecule has 1 heterocycles. The highest BCUT2D eigenvalue weighted by molar-refractivity contribution is 9.10. The van der Waals surface area contributed by atoms with Gasteiger partial charge in [-0.1, -0.05) is 13.3 Å². The molecule has 0 aliphatic carbocycles. The number of ether oxygens (including phenoxy) is 1. The molecule has 2 aromatic rings. The number of anilines is 1. The number of hydrazone groups is 1. The molecule has 2 aromatic carbocycles. The Bertz CT molecular complexity index is 1040. The van der Waals surface area contributed by atoms with Crippen molar-refractivity contribution in [1.82, 2.24) is 0 Å². The van der Waals surface area contributed by atoms with Crippen molar-refractivity contribution in [2.24, 2.45) is 5.10 Å². The fraction of sp³-hybridized carbons (Fsp3) is 0.227. The van der Waals surface area contributed by atoms with Crippen LogP contribution >= 0.6 is 15.9 Å². The summed E-state index contributed by atoms with van der Waals surface area (Å²) < 4.78 is 5.92. The van der Waals surface area contributed by atoms with Gasteiger partial charge in [0.15, 0.2) is 11.5 Å². The maximum Gasteiger partial charge on any atom is 0.335 e. The van der Waals surface area contributed by atoms with E-state index in [1.54, 1.807) is 30.3 Å². The van der Waals surface area contributed by atoms with Gasteiger partial charge in [-0.15, -0.1) is 0 Å². The smallest absolute Gasteiger partial charge is 0.335 e. The van der Waals surface area contributed by atoms with Gasteiger partial charge in [0.1, 0.15) is 0 Å². The third-order valence-corrected chi connectivity index (χ3v) is 5.07. The molecule has 156 valence electrons. The molecule has 0 atom stereocenters. The minimum Gasteiger partial charge on any atom is -0.503 e. The Kier molecular flexibility index (Phi) is 6.56. The summed E-state index contributed by atoms with van der Waals surface area (Å²) in [6.07, 6.45) is 3.13. The summed E-state index contributed by atoms with van der Waals surface area (Å²) >= 11 is 3.31. The summed E-state index contributed by atoms with van der Waals surface area (Å²) in [6.45, 7) is 4.21. The number of hydrogen-bond acceptors (Lipinski definition) is 5. The number of carbonyl (C=O) groups excluding carboxylic acids is 1. The SMILES string of the molecule is CCCC1=NN(c2ccc(C(=O)O)cc2)C(=O)C1=Cc1cc(Br)c(O)c(OCC)c1. The van der Waals surface area contributed by atoms with Crippen LogP contribution in [0.3, 0.4) is 0 Å². The predicted molar refractivity (Wildman–Crippen MR) is 118 cm³/mol. The van der Waals surface area contributed by atoms with Crippen molar-refractivity contribution in [3.8, 4) is 11.5 Å². The van der Waals surface area contributed by atoms with Gasteiger partial charge >= 0.3 is 5.97 Å². The van der Waals surface area contributed by atoms with Crippen molar-refractivity contribution >= 4 is 45.3 Å². The van der Waals surface area contributed by atoms with Crippen LogP contribution in [-0.2, 0) is 4.79 Å². The number of hydrogen-bond donors (Lipinski definition) is 2. The zero-order valence-corrected chi connectivity index (χ0v) is 18.1. The molecular weight excluding hydrogens is 452 g/mol. The first-order valence-electron chi connectivity index (χ1n) is 9.48. The average Bonchev–Trinajstić information content (AvgIpc) is 3.02. The van der Waals surface area contributed by atoms with Gasteiger partial charge in [0.05, 0.1) is 33.6 Å². The number of carbonyl (C=O) groups is 2. The number of nitrogens with zero attached hydrogens (tertiary/aromatic N) is 2. The number of halogens is 1. The lowest BCUT2D eigenvalue weighted by molar-refractivity contribution is -0.114. The highest BCUT2D eigenvalue weighted by Crippen LogP contribution is 2.37. The van der Waals surface area contributed by atoms with Gasteiger partial charge in [-0.2, -0.15) is 10.1 Å². The molecule has 30 heavy (non-hydrogen) atoms. The Morgan fingerprint density at radius 2 is 1.93 bits per heavy atom. The van der Waals surface area contributed by atoms with E-state index >= 15 is 0 Å². The molecule has 1 aliphatic heterocycles. The number of benzene rings is 2. The van der Waals surface area contributed by atoms with Gasteiger partial charge in [0, 0.05) is 0 Å². The number of phenolic OH excluding ortho intramolecular Hbond substituents is 1. The number of carboxylic acid groups (broad SMARTS) is 1. The highest BCUT2D eigenvalue weighted by Gasteiger charge is 2.30. The zero-order chi connectivity index (χ0) is 21.8. The van der Waals surface area contributed by atoms with Crippen LogP contribution in [0.2, 0.25) is 0 Å². The molecule has 0 bridgehead atoms. The number of aromatic carboxylic acids is 1. The van der Waals surface area contributed by atoms with E-state index in [1.807, 2.05) is 13.8 Å². The first-order chi connectivity index (χ1) is 14.3. The van der Waals surface area contributed by atoms with Crippen LogP contribution in [0.25, 0.3) is 6.08 Å². The topological polar surface area (TPSA) is 99.4 Å². The molecule has 0 aromatic heterocycles. The normalized spacial score (nSPS) is 14.9. The Labute approximate surface area is 182 Å². The van der Waals surface area contributed by atoms with E-state index in [-0.39, 0.29) is 17.2 Å². The number of rotatable bonds is 7. The first kappa shape index (κ1) is 21.6. The van der Waals surface area contributed by atoms with Gasteiger partial charge in [-0.05, 0) is 77.3 Å². The van der Waals surface area contributed by atoms with Crippen LogP contribution in [0, 0.1) is 0 Å². The lowest BCUT2D eigenvalue weighted by atomic mass is 10.0. The lowest BCUT2D eigenvalue weighted by Crippen LogP contribution is -2.21. The molecule has 0 unspecified atom stereocenters. The largest absolute Gasteiger partial charge is 0.503 e. The monoisotopic (exact) mass is 472 g/mol. The third kappa shape index (κ3) is 4.38. The number of phenols is 1. The van der Waals surface area contributed by atoms with Crippen LogP contribution in [0.5, 0.6) is 11.5 Å². The van der Waals surface area contributed by atoms with Crippen LogP contribution in [0.4, 0.5) is 5.69 Å². The molecule has 0 fully saturated rings. The summed E-state index contributed by atoms with van der Waals surface area (Å²) in [6, 6.07) is 9.35. The third-order valence-electron chi connectivity index (χ3n) is 4.46. The van der Waals surface area contributed by atoms with Crippen LogP contribution in [0.1, 0.15) is 42.6 Å². The van der Waals surface area contributed by atoms with Crippen molar-refractivity contribution in [2.45, 2.75) is 26.7 Å². The van der Waals surface area contributed by atoms with Crippen molar-refractivity contribution in [3.63, 3.8) is 0 Å². The summed E-state index contributed by atoms with van der Waals surface area (Å²) in [5, 5.41) is 24.9. The standard InChI is InChI=1S/C22H21BrN2O5/c1-3-5-18-16(10-13-11-17(23)20(26)19(12-13)30-4-2)21(27)25(24-18)15-8-6-14(7-9-15)22(28)29/h6-12,26H,3-5H2,1-2H3,(H,28,29). The highest BCUT2D eigenvalue weighted by atomic mass is 79.9. The quantitative estimate of drug-likeness (QED) is 0.561. The first-order valence-corrected chi connectivity index (χ1v) is 10.3. The number of aromatic hydroxyl groups is 1. The van der Waals surface area contributed by atoms with E-state index < -0.39 is 5.97 Å². The lowest BCUT2D eigenvalue weighted by Gasteiger charge is -2.12. The maximum absolute atomic E-state index is 13.1. The fourth-order valence-corrected chi connectivity index (χ4v) is 3.51. The molecule has 0 spiro atoms. The molecular formula is C22H21BrN2O5. The molecule has 0 radical (unpaired) electrons. The second kappa shape index (κ2) is 9.13. The number of carboxylic acids is 1. The van der Waals surface area contributed by atoms with E-state index in [2.05, 4.69) is 21.0 Å². The van der Waals surface area contributed by atoms with E-state index in [0.29, 0.717) is 45.8 Å². The minimum absolute atomic E-state index is 0.000607. The molecule has 1 amide bonds. The van der Waals surface area contributed by atoms with Gasteiger partial charge in [-0.3, -0.25) is 4.79 Å². The maximum atomic E-state index is 13.1. The Morgan fingerprint density at radius 3 is 2.53 bits per heavy atom. The fourth-order valence-electron chi connectivity index (χ4n) is 3.05. The van der Waals surface area contributed by atoms with E-state index in [9.17, 15) is 14.7 Å². The number of amides is 1. The van der Waals surface area contributed by atoms with Crippen molar-refractivity contribution in [3.05, 3.63) is 57.6 Å². The molecule has 7 nitrogen and oxygen atoms in total. The Hall–Kier alpha value is -3.13. The van der Waals surface area contributed by atoms with E-state index in [0.717, 1.165) is 6.42 Å². The molecule has 0 saturated carbocycles. The average molecular weight is 473 g/mol. The minimum atomic E-state index is -1.03. The Morgan fingerprint density at radius 1 is 1.23 bits per heavy atom. The van der Waals surface area contributed by atoms with Gasteiger partial charge in [0.2, 0.25) is 0 Å². The second-order valence-corrected chi connectivity index (χ2v) is 7.46. The van der Waals surface area contributed by atoms with Crippen LogP contribution in [0.15, 0.2) is 51.5 Å². The molecule has 2 N–H and O–H groups in total. The van der Waals surface area contributed by atoms with Crippen LogP contribution in [-0.4, -0.2) is 34.4 Å². The molecule has 8 heteroatoms. The molecule has 0 saturated heterocycles. The van der Waals surface area contributed by atoms with Crippen molar-refractivity contribution in [2.75, 3.05) is 11.6 Å². The molecule has 3 rings (SSSR count). The van der Waals surface area contributed by atoms with Crippen molar-refractivity contribution in [1.29, 1.82) is 0 Å². The summed E-state index contributed by atoms with van der Waals surface area (Å²) in [4.78, 5) is 24.2. The van der Waals surface area contributed by atoms with Gasteiger partial charge in [0.25, 0.3) is 5.91 Å². The summed E-state index contributed by atoms with van der Waals surface area (Å²) in [5.41, 5.74) is 2.39. The van der Waals surface area contributed by atoms with E-state index in [4.69, 9.17) is 9.84 Å². The second-order valence-electron chi connectivity index (χ2n) is 6.61. The van der Waals surface area contributed by atoms with Gasteiger partial charge < -0.3 is 14.9 Å². The van der Waals surface area contributed by atoms with E-state index in [1.165, 1.54) is 17.1 Å². The Balaban J connectivity index is 1.99. The van der Waals surface area contributed by atoms with Crippen molar-refractivity contribution < 1.29 is 24.5 Å².